The number of benzene rings is 2. The Labute approximate surface area is 262 Å². The van der Waals surface area contributed by atoms with Gasteiger partial charge in [-0.1, -0.05) is 41.9 Å². The second kappa shape index (κ2) is 12.2. The van der Waals surface area contributed by atoms with Crippen LogP contribution in [-0.2, 0) is 35.6 Å². The molecule has 1 amide bonds. The van der Waals surface area contributed by atoms with Gasteiger partial charge in [-0.25, -0.2) is 18.7 Å². The molecule has 2 N–H and O–H groups in total. The number of hydrogen-bond donors (Lipinski definition) is 2. The molecule has 2 unspecified atom stereocenters. The summed E-state index contributed by atoms with van der Waals surface area (Å²) >= 11 is 6.60. The van der Waals surface area contributed by atoms with Gasteiger partial charge in [0.15, 0.2) is 11.2 Å². The second-order valence-corrected chi connectivity index (χ2v) is 12.1. The Kier molecular flexibility index (Phi) is 7.92. The molecule has 5 heterocycles. The van der Waals surface area contributed by atoms with Crippen LogP contribution in [0.4, 0.5) is 4.39 Å². The van der Waals surface area contributed by atoms with Crippen molar-refractivity contribution in [2.24, 2.45) is 5.92 Å². The van der Waals surface area contributed by atoms with Crippen LogP contribution >= 0.6 is 11.6 Å². The number of imidazole rings is 1. The Hall–Kier alpha value is -4.42. The molecule has 2 aromatic heterocycles. The van der Waals surface area contributed by atoms with Crippen LogP contribution in [-0.4, -0.2) is 62.3 Å². The predicted octanol–water partition coefficient (Wildman–Crippen LogP) is 2.40. The molecule has 0 spiro atoms. The van der Waals surface area contributed by atoms with E-state index in [-0.39, 0.29) is 47.9 Å². The first kappa shape index (κ1) is 29.3. The third-order valence-electron chi connectivity index (χ3n) is 8.86. The Morgan fingerprint density at radius 1 is 1.04 bits per heavy atom. The normalized spacial score (nSPS) is 19.3. The highest BCUT2D eigenvalue weighted by molar-refractivity contribution is 6.31. The number of ether oxygens (including phenoxy) is 1. The smallest absolute Gasteiger partial charge is 0.333 e. The van der Waals surface area contributed by atoms with Gasteiger partial charge < -0.3 is 24.8 Å². The maximum absolute atomic E-state index is 14.3. The Balaban J connectivity index is 1.39. The van der Waals surface area contributed by atoms with Crippen molar-refractivity contribution in [3.05, 3.63) is 109 Å². The molecule has 4 aromatic rings. The van der Waals surface area contributed by atoms with E-state index in [9.17, 15) is 18.8 Å². The number of halogens is 2. The van der Waals surface area contributed by atoms with Gasteiger partial charge in [0, 0.05) is 49.0 Å². The lowest BCUT2D eigenvalue weighted by atomic mass is 10.0. The van der Waals surface area contributed by atoms with Crippen LogP contribution in [0.5, 0.6) is 0 Å². The van der Waals surface area contributed by atoms with Gasteiger partial charge in [0.2, 0.25) is 5.91 Å². The fraction of sp³-hybridized carbons (Fsp3) is 0.375. The topological polar surface area (TPSA) is 115 Å². The van der Waals surface area contributed by atoms with Gasteiger partial charge in [-0.15, -0.1) is 0 Å². The van der Waals surface area contributed by atoms with Gasteiger partial charge in [0.05, 0.1) is 25.8 Å². The summed E-state index contributed by atoms with van der Waals surface area (Å²) in [7, 11) is 0. The lowest BCUT2D eigenvalue weighted by molar-refractivity contribution is -0.136. The minimum Gasteiger partial charge on any atom is -0.389 e. The van der Waals surface area contributed by atoms with Crippen molar-refractivity contribution in [1.29, 1.82) is 0 Å². The summed E-state index contributed by atoms with van der Waals surface area (Å²) in [5.41, 5.74) is 1.96. The molecule has 0 aliphatic carbocycles. The molecule has 7 rings (SSSR count). The fourth-order valence-electron chi connectivity index (χ4n) is 6.43. The number of nitrogens with zero attached hydrogens (tertiary/aromatic N) is 5. The second-order valence-electron chi connectivity index (χ2n) is 11.7. The van der Waals surface area contributed by atoms with Gasteiger partial charge in [0.1, 0.15) is 18.2 Å². The molecule has 0 radical (unpaired) electrons. The molecular formula is C32H33ClFN7O4. The number of fused-ring (bicyclic) bond motifs is 2. The number of carbonyl (C=O) groups excluding carboxylic acids is 1. The van der Waals surface area contributed by atoms with E-state index in [0.29, 0.717) is 43.6 Å². The van der Waals surface area contributed by atoms with Crippen molar-refractivity contribution < 1.29 is 13.9 Å². The van der Waals surface area contributed by atoms with E-state index in [4.69, 9.17) is 21.3 Å². The summed E-state index contributed by atoms with van der Waals surface area (Å²) in [6.45, 7) is 2.40. The SMILES string of the molecule is O=C(Cn1c(=O)c2c(nc(C3CC4CNC=C4N3)n2Cc2ccccc2Cl)n(CCc2ccc(F)cc2)c1=O)N1CCOCC1. The predicted molar refractivity (Wildman–Crippen MR) is 166 cm³/mol. The minimum absolute atomic E-state index is 0.172. The molecule has 2 aromatic carbocycles. The van der Waals surface area contributed by atoms with Gasteiger partial charge in [-0.2, -0.15) is 0 Å². The first-order chi connectivity index (χ1) is 21.9. The van der Waals surface area contributed by atoms with Crippen LogP contribution in [0.25, 0.3) is 11.2 Å². The monoisotopic (exact) mass is 633 g/mol. The zero-order valence-corrected chi connectivity index (χ0v) is 25.3. The average Bonchev–Trinajstić information content (AvgIpc) is 3.76. The van der Waals surface area contributed by atoms with E-state index in [1.54, 1.807) is 23.1 Å². The number of morpholine rings is 1. The van der Waals surface area contributed by atoms with Gasteiger partial charge >= 0.3 is 5.69 Å². The Bertz CT molecular complexity index is 1910. The molecule has 2 saturated heterocycles. The Morgan fingerprint density at radius 2 is 1.82 bits per heavy atom. The summed E-state index contributed by atoms with van der Waals surface area (Å²) in [6, 6.07) is 13.3. The fourth-order valence-corrected chi connectivity index (χ4v) is 6.63. The Morgan fingerprint density at radius 3 is 2.58 bits per heavy atom. The summed E-state index contributed by atoms with van der Waals surface area (Å²) in [6.07, 6.45) is 3.11. The highest BCUT2D eigenvalue weighted by atomic mass is 35.5. The number of rotatable bonds is 8. The van der Waals surface area contributed by atoms with Crippen molar-refractivity contribution in [2.75, 3.05) is 32.8 Å². The van der Waals surface area contributed by atoms with Crippen molar-refractivity contribution in [3.8, 4) is 0 Å². The van der Waals surface area contributed by atoms with E-state index >= 15 is 0 Å². The van der Waals surface area contributed by atoms with Crippen molar-refractivity contribution in [1.82, 2.24) is 34.2 Å². The number of aromatic nitrogens is 4. The van der Waals surface area contributed by atoms with E-state index in [1.807, 2.05) is 29.0 Å². The zero-order chi connectivity index (χ0) is 31.1. The molecule has 234 valence electrons. The molecule has 13 heteroatoms. The number of carbonyl (C=O) groups is 1. The van der Waals surface area contributed by atoms with E-state index in [0.717, 1.165) is 34.4 Å². The molecule has 3 aliphatic rings. The molecular weight excluding hydrogens is 601 g/mol. The molecule has 0 bridgehead atoms. The first-order valence-corrected chi connectivity index (χ1v) is 15.5. The number of amides is 1. The summed E-state index contributed by atoms with van der Waals surface area (Å²) in [5, 5.41) is 7.36. The van der Waals surface area contributed by atoms with E-state index in [2.05, 4.69) is 10.6 Å². The summed E-state index contributed by atoms with van der Waals surface area (Å²) in [4.78, 5) is 48.4. The number of nitrogens with one attached hydrogen (secondary N) is 2. The first-order valence-electron chi connectivity index (χ1n) is 15.1. The average molecular weight is 634 g/mol. The lowest BCUT2D eigenvalue weighted by Crippen LogP contribution is -2.47. The largest absolute Gasteiger partial charge is 0.389 e. The lowest BCUT2D eigenvalue weighted by Gasteiger charge is -2.27. The van der Waals surface area contributed by atoms with Crippen LogP contribution in [0.1, 0.15) is 29.4 Å². The van der Waals surface area contributed by atoms with Crippen molar-refractivity contribution in [3.63, 3.8) is 0 Å². The van der Waals surface area contributed by atoms with Crippen LogP contribution in [0.2, 0.25) is 5.02 Å². The third kappa shape index (κ3) is 5.64. The van der Waals surface area contributed by atoms with Crippen LogP contribution in [0, 0.1) is 11.7 Å². The van der Waals surface area contributed by atoms with E-state index in [1.165, 1.54) is 16.7 Å². The quantitative estimate of drug-likeness (QED) is 0.306. The third-order valence-corrected chi connectivity index (χ3v) is 9.23. The minimum atomic E-state index is -0.617. The molecule has 11 nitrogen and oxygen atoms in total. The highest BCUT2D eigenvalue weighted by Gasteiger charge is 2.36. The molecule has 3 aliphatic heterocycles. The van der Waals surface area contributed by atoms with Crippen LogP contribution in [0.3, 0.4) is 0 Å². The summed E-state index contributed by atoms with van der Waals surface area (Å²) in [5.74, 6) is 0.219. The van der Waals surface area contributed by atoms with Gasteiger partial charge in [-0.05, 0) is 42.2 Å². The number of hydrogen-bond acceptors (Lipinski definition) is 7. The van der Waals surface area contributed by atoms with Gasteiger partial charge in [-0.3, -0.25) is 14.2 Å². The van der Waals surface area contributed by atoms with Gasteiger partial charge in [0.25, 0.3) is 5.56 Å². The zero-order valence-electron chi connectivity index (χ0n) is 24.5. The van der Waals surface area contributed by atoms with Crippen molar-refractivity contribution in [2.45, 2.75) is 38.5 Å². The molecule has 2 atom stereocenters. The van der Waals surface area contributed by atoms with Crippen molar-refractivity contribution >= 4 is 28.7 Å². The molecule has 2 fully saturated rings. The van der Waals surface area contributed by atoms with E-state index < -0.39 is 17.8 Å². The van der Waals surface area contributed by atoms with Crippen LogP contribution < -0.4 is 21.9 Å². The summed E-state index contributed by atoms with van der Waals surface area (Å²) < 4.78 is 23.3. The molecule has 0 saturated carbocycles. The number of aryl methyl sites for hydroxylation is 2. The molecule has 45 heavy (non-hydrogen) atoms. The highest BCUT2D eigenvalue weighted by Crippen LogP contribution is 2.36. The standard InChI is InChI=1S/C32H33ClFN7O4/c33-24-4-2-1-3-21(24)18-40-28-30(37-29(40)25-15-22-16-35-17-26(22)36-25)39(10-9-20-5-7-23(34)8-6-20)32(44)41(31(28)43)19-27(42)38-11-13-45-14-12-38/h1-8,17,22,25,35-36H,9-16,18-19H2. The maximum atomic E-state index is 14.3. The maximum Gasteiger partial charge on any atom is 0.333 e. The van der Waals surface area contributed by atoms with Crippen LogP contribution in [0.15, 0.2) is 70.0 Å².